The van der Waals surface area contributed by atoms with E-state index in [4.69, 9.17) is 9.73 Å². The number of hydrogen-bond acceptors (Lipinski definition) is 4. The Morgan fingerprint density at radius 2 is 1.85 bits per heavy atom. The van der Waals surface area contributed by atoms with Crippen molar-refractivity contribution < 1.29 is 4.74 Å². The maximum Gasteiger partial charge on any atom is 0.215 e. The number of anilines is 1. The van der Waals surface area contributed by atoms with Gasteiger partial charge < -0.3 is 9.64 Å². The van der Waals surface area contributed by atoms with Crippen LogP contribution in [0.25, 0.3) is 11.1 Å². The molecule has 1 heterocycles. The zero-order valence-electron chi connectivity index (χ0n) is 16.4. The molecular formula is C23H25N3O. The minimum atomic E-state index is -0.0255. The first-order valence-corrected chi connectivity index (χ1v) is 9.31. The Morgan fingerprint density at radius 1 is 1.15 bits per heavy atom. The normalized spacial score (nSPS) is 16.8. The van der Waals surface area contributed by atoms with Crippen LogP contribution in [0, 0.1) is 11.3 Å². The number of nitrogens with zero attached hydrogens (tertiary/aromatic N) is 3. The molecule has 0 saturated carbocycles. The predicted molar refractivity (Wildman–Crippen MR) is 111 cm³/mol. The van der Waals surface area contributed by atoms with E-state index < -0.39 is 0 Å². The molecule has 0 N–H and O–H groups in total. The Labute approximate surface area is 161 Å². The summed E-state index contributed by atoms with van der Waals surface area (Å²) in [5, 5.41) is 9.35. The fraction of sp³-hybridized carbons (Fsp3) is 0.304. The van der Waals surface area contributed by atoms with Crippen molar-refractivity contribution in [2.45, 2.75) is 39.8 Å². The fourth-order valence-electron chi connectivity index (χ4n) is 3.61. The van der Waals surface area contributed by atoms with Crippen LogP contribution in [-0.2, 0) is 4.74 Å². The molecule has 0 aliphatic carbocycles. The first kappa shape index (κ1) is 18.7. The standard InChI is InChI=1S/C23H25N3O/c1-5-8-22-16(2)23(27-4)25-17(3)26(22)20-13-11-18(12-14-20)21-10-7-6-9-19(21)15-24/h6-7,9-14,17H,5,8H2,1-4H3. The lowest BCUT2D eigenvalue weighted by Gasteiger charge is -2.36. The third-order valence-corrected chi connectivity index (χ3v) is 4.91. The highest BCUT2D eigenvalue weighted by Gasteiger charge is 2.27. The number of benzene rings is 2. The summed E-state index contributed by atoms with van der Waals surface area (Å²) >= 11 is 0. The highest BCUT2D eigenvalue weighted by molar-refractivity contribution is 5.96. The van der Waals surface area contributed by atoms with Crippen molar-refractivity contribution in [2.75, 3.05) is 12.0 Å². The van der Waals surface area contributed by atoms with Crippen LogP contribution in [0.4, 0.5) is 5.69 Å². The number of ether oxygens (including phenoxy) is 1. The molecule has 3 rings (SSSR count). The molecule has 0 saturated heterocycles. The Morgan fingerprint density at radius 3 is 2.48 bits per heavy atom. The van der Waals surface area contributed by atoms with Gasteiger partial charge in [0, 0.05) is 17.0 Å². The molecule has 0 fully saturated rings. The number of nitriles is 1. The third kappa shape index (κ3) is 3.59. The number of aliphatic imine (C=N–C) groups is 1. The van der Waals surface area contributed by atoms with E-state index in [1.54, 1.807) is 7.11 Å². The van der Waals surface area contributed by atoms with Crippen molar-refractivity contribution in [3.63, 3.8) is 0 Å². The van der Waals surface area contributed by atoms with E-state index in [1.165, 1.54) is 5.70 Å². The third-order valence-electron chi connectivity index (χ3n) is 4.91. The fourth-order valence-corrected chi connectivity index (χ4v) is 3.61. The molecule has 1 atom stereocenters. The zero-order valence-corrected chi connectivity index (χ0v) is 16.4. The van der Waals surface area contributed by atoms with Crippen molar-refractivity contribution in [3.05, 3.63) is 65.4 Å². The lowest BCUT2D eigenvalue weighted by molar-refractivity contribution is 0.393. The van der Waals surface area contributed by atoms with E-state index in [1.807, 2.05) is 24.3 Å². The van der Waals surface area contributed by atoms with Gasteiger partial charge in [0.2, 0.25) is 5.90 Å². The van der Waals surface area contributed by atoms with Crippen LogP contribution in [0.2, 0.25) is 0 Å². The zero-order chi connectivity index (χ0) is 19.4. The summed E-state index contributed by atoms with van der Waals surface area (Å²) in [6, 6.07) is 18.3. The maximum atomic E-state index is 9.35. The first-order chi connectivity index (χ1) is 13.1. The van der Waals surface area contributed by atoms with Gasteiger partial charge in [-0.1, -0.05) is 43.7 Å². The number of hydrogen-bond donors (Lipinski definition) is 0. The number of allylic oxidation sites excluding steroid dienone is 1. The molecule has 2 aromatic rings. The molecule has 0 bridgehead atoms. The van der Waals surface area contributed by atoms with Crippen LogP contribution in [0.3, 0.4) is 0 Å². The van der Waals surface area contributed by atoms with Crippen LogP contribution < -0.4 is 4.90 Å². The van der Waals surface area contributed by atoms with E-state index in [9.17, 15) is 5.26 Å². The predicted octanol–water partition coefficient (Wildman–Crippen LogP) is 5.51. The van der Waals surface area contributed by atoms with Gasteiger partial charge in [0.1, 0.15) is 6.17 Å². The van der Waals surface area contributed by atoms with Crippen LogP contribution in [0.15, 0.2) is 64.8 Å². The smallest absolute Gasteiger partial charge is 0.215 e. The monoisotopic (exact) mass is 359 g/mol. The average Bonchev–Trinajstić information content (AvgIpc) is 2.71. The van der Waals surface area contributed by atoms with E-state index >= 15 is 0 Å². The van der Waals surface area contributed by atoms with Crippen molar-refractivity contribution in [3.8, 4) is 17.2 Å². The minimum Gasteiger partial charge on any atom is -0.481 e. The van der Waals surface area contributed by atoms with Gasteiger partial charge in [0.05, 0.1) is 18.7 Å². The van der Waals surface area contributed by atoms with E-state index in [0.717, 1.165) is 41.1 Å². The molecule has 4 nitrogen and oxygen atoms in total. The summed E-state index contributed by atoms with van der Waals surface area (Å²) in [7, 11) is 1.68. The molecule has 138 valence electrons. The lowest BCUT2D eigenvalue weighted by Crippen LogP contribution is -2.37. The van der Waals surface area contributed by atoms with Crippen LogP contribution in [0.5, 0.6) is 0 Å². The van der Waals surface area contributed by atoms with Crippen LogP contribution in [-0.4, -0.2) is 19.2 Å². The molecule has 1 aliphatic heterocycles. The van der Waals surface area contributed by atoms with Gasteiger partial charge >= 0.3 is 0 Å². The van der Waals surface area contributed by atoms with Crippen molar-refractivity contribution in [1.82, 2.24) is 0 Å². The SMILES string of the molecule is CCCC1=C(C)C(OC)=NC(C)N1c1ccc(-c2ccccc2C#N)cc1. The second-order valence-electron chi connectivity index (χ2n) is 6.67. The van der Waals surface area contributed by atoms with E-state index in [0.29, 0.717) is 5.56 Å². The van der Waals surface area contributed by atoms with E-state index in [2.05, 4.69) is 56.0 Å². The summed E-state index contributed by atoms with van der Waals surface area (Å²) in [6.45, 7) is 6.34. The summed E-state index contributed by atoms with van der Waals surface area (Å²) in [5.41, 5.74) is 6.13. The molecular weight excluding hydrogens is 334 g/mol. The highest BCUT2D eigenvalue weighted by Crippen LogP contribution is 2.33. The minimum absolute atomic E-state index is 0.0255. The van der Waals surface area contributed by atoms with Crippen LogP contribution >= 0.6 is 0 Å². The summed E-state index contributed by atoms with van der Waals surface area (Å²) in [4.78, 5) is 6.98. The Balaban J connectivity index is 1.99. The average molecular weight is 359 g/mol. The second kappa shape index (κ2) is 8.09. The van der Waals surface area contributed by atoms with Crippen molar-refractivity contribution in [1.29, 1.82) is 5.26 Å². The first-order valence-electron chi connectivity index (χ1n) is 9.31. The second-order valence-corrected chi connectivity index (χ2v) is 6.67. The van der Waals surface area contributed by atoms with Crippen LogP contribution in [0.1, 0.15) is 39.2 Å². The summed E-state index contributed by atoms with van der Waals surface area (Å²) < 4.78 is 5.47. The highest BCUT2D eigenvalue weighted by atomic mass is 16.5. The van der Waals surface area contributed by atoms with Crippen molar-refractivity contribution >= 4 is 11.6 Å². The molecule has 0 radical (unpaired) electrons. The summed E-state index contributed by atoms with van der Waals surface area (Å²) in [5.74, 6) is 0.724. The molecule has 27 heavy (non-hydrogen) atoms. The number of rotatable bonds is 4. The largest absolute Gasteiger partial charge is 0.481 e. The van der Waals surface area contributed by atoms with Gasteiger partial charge in [-0.3, -0.25) is 0 Å². The lowest BCUT2D eigenvalue weighted by atomic mass is 9.99. The Hall–Kier alpha value is -3.06. The van der Waals surface area contributed by atoms with Gasteiger partial charge in [-0.05, 0) is 49.6 Å². The van der Waals surface area contributed by atoms with Crippen molar-refractivity contribution in [2.24, 2.45) is 4.99 Å². The van der Waals surface area contributed by atoms with Gasteiger partial charge in [0.25, 0.3) is 0 Å². The van der Waals surface area contributed by atoms with Gasteiger partial charge in [-0.15, -0.1) is 0 Å². The molecule has 1 aliphatic rings. The van der Waals surface area contributed by atoms with Gasteiger partial charge in [0.15, 0.2) is 0 Å². The molecule has 0 aromatic heterocycles. The summed E-state index contributed by atoms with van der Waals surface area (Å²) in [6.07, 6.45) is 2.00. The van der Waals surface area contributed by atoms with Gasteiger partial charge in [-0.25, -0.2) is 4.99 Å². The maximum absolute atomic E-state index is 9.35. The molecule has 0 spiro atoms. The molecule has 0 amide bonds. The molecule has 4 heteroatoms. The molecule has 1 unspecified atom stereocenters. The van der Waals surface area contributed by atoms with Gasteiger partial charge in [-0.2, -0.15) is 5.26 Å². The quantitative estimate of drug-likeness (QED) is 0.723. The Bertz CT molecular complexity index is 919. The van der Waals surface area contributed by atoms with E-state index in [-0.39, 0.29) is 6.17 Å². The Kier molecular flexibility index (Phi) is 5.61. The molecule has 2 aromatic carbocycles. The topological polar surface area (TPSA) is 48.6 Å². The number of methoxy groups -OCH3 is 1.